The minimum absolute atomic E-state index is 0.0397. The molecular formula is C11H23N3O2. The van der Waals surface area contributed by atoms with Crippen molar-refractivity contribution in [3.8, 4) is 0 Å². The average molecular weight is 229 g/mol. The van der Waals surface area contributed by atoms with E-state index in [1.54, 1.807) is 0 Å². The minimum Gasteiger partial charge on any atom is -0.352 e. The highest BCUT2D eigenvalue weighted by Gasteiger charge is 2.11. The number of nitrogens with one attached hydrogen (secondary N) is 2. The first kappa shape index (κ1) is 14.9. The van der Waals surface area contributed by atoms with Gasteiger partial charge in [0, 0.05) is 12.5 Å². The van der Waals surface area contributed by atoms with Gasteiger partial charge in [-0.05, 0) is 26.3 Å². The molecule has 2 amide bonds. The molecule has 0 radical (unpaired) electrons. The first-order valence-electron chi connectivity index (χ1n) is 5.75. The molecule has 5 nitrogen and oxygen atoms in total. The van der Waals surface area contributed by atoms with Crippen LogP contribution in [-0.4, -0.2) is 30.9 Å². The van der Waals surface area contributed by atoms with Gasteiger partial charge in [0.15, 0.2) is 0 Å². The summed E-state index contributed by atoms with van der Waals surface area (Å²) in [5, 5.41) is 5.28. The Bertz CT molecular complexity index is 225. The van der Waals surface area contributed by atoms with Crippen molar-refractivity contribution in [3.05, 3.63) is 0 Å². The molecule has 16 heavy (non-hydrogen) atoms. The second-order valence-electron chi connectivity index (χ2n) is 4.21. The molecular weight excluding hydrogens is 206 g/mol. The topological polar surface area (TPSA) is 84.2 Å². The summed E-state index contributed by atoms with van der Waals surface area (Å²) in [6.45, 7) is 6.29. The van der Waals surface area contributed by atoms with Gasteiger partial charge in [-0.2, -0.15) is 0 Å². The van der Waals surface area contributed by atoms with E-state index in [-0.39, 0.29) is 30.3 Å². The highest BCUT2D eigenvalue weighted by Crippen LogP contribution is 2.04. The van der Waals surface area contributed by atoms with Gasteiger partial charge in [0.25, 0.3) is 0 Å². The Labute approximate surface area is 97.2 Å². The number of carbonyl (C=O) groups excluding carboxylic acids is 2. The molecule has 0 bridgehead atoms. The molecule has 0 aromatic heterocycles. The van der Waals surface area contributed by atoms with Gasteiger partial charge in [0.1, 0.15) is 0 Å². The van der Waals surface area contributed by atoms with Crippen molar-refractivity contribution in [1.82, 2.24) is 10.6 Å². The quantitative estimate of drug-likeness (QED) is 0.574. The van der Waals surface area contributed by atoms with Crippen LogP contribution in [0.3, 0.4) is 0 Å². The first-order valence-corrected chi connectivity index (χ1v) is 5.75. The van der Waals surface area contributed by atoms with Crippen LogP contribution < -0.4 is 16.4 Å². The van der Waals surface area contributed by atoms with Crippen molar-refractivity contribution in [3.63, 3.8) is 0 Å². The summed E-state index contributed by atoms with van der Waals surface area (Å²) in [6, 6.07) is 0.0943. The van der Waals surface area contributed by atoms with Crippen LogP contribution in [0.5, 0.6) is 0 Å². The van der Waals surface area contributed by atoms with Crippen LogP contribution in [0, 0.1) is 5.92 Å². The lowest BCUT2D eigenvalue weighted by Gasteiger charge is -2.12. The fourth-order valence-corrected chi connectivity index (χ4v) is 1.28. The second-order valence-corrected chi connectivity index (χ2v) is 4.21. The lowest BCUT2D eigenvalue weighted by atomic mass is 10.0. The summed E-state index contributed by atoms with van der Waals surface area (Å²) in [7, 11) is 0. The van der Waals surface area contributed by atoms with Crippen molar-refractivity contribution < 1.29 is 9.59 Å². The van der Waals surface area contributed by atoms with Gasteiger partial charge in [-0.1, -0.05) is 13.3 Å². The van der Waals surface area contributed by atoms with Crippen molar-refractivity contribution >= 4 is 11.8 Å². The third-order valence-corrected chi connectivity index (χ3v) is 2.28. The molecule has 0 saturated carbocycles. The van der Waals surface area contributed by atoms with Gasteiger partial charge in [-0.15, -0.1) is 0 Å². The van der Waals surface area contributed by atoms with Crippen LogP contribution in [0.15, 0.2) is 0 Å². The normalized spacial score (nSPS) is 12.3. The van der Waals surface area contributed by atoms with Gasteiger partial charge in [-0.25, -0.2) is 0 Å². The Morgan fingerprint density at radius 3 is 2.31 bits per heavy atom. The molecule has 0 fully saturated rings. The van der Waals surface area contributed by atoms with E-state index in [2.05, 4.69) is 10.6 Å². The molecule has 4 N–H and O–H groups in total. The Morgan fingerprint density at radius 1 is 1.25 bits per heavy atom. The van der Waals surface area contributed by atoms with Gasteiger partial charge in [0.05, 0.1) is 6.54 Å². The summed E-state index contributed by atoms with van der Waals surface area (Å²) >= 11 is 0. The molecule has 1 atom stereocenters. The number of hydrogen-bond donors (Lipinski definition) is 3. The lowest BCUT2D eigenvalue weighted by Crippen LogP contribution is -2.40. The van der Waals surface area contributed by atoms with Crippen LogP contribution in [0.1, 0.15) is 33.6 Å². The SMILES string of the molecule is CCC(CN)CC(=O)NCC(=O)NC(C)C. The van der Waals surface area contributed by atoms with E-state index in [1.165, 1.54) is 0 Å². The largest absolute Gasteiger partial charge is 0.352 e. The number of amides is 2. The van der Waals surface area contributed by atoms with Gasteiger partial charge >= 0.3 is 0 Å². The number of nitrogens with two attached hydrogens (primary N) is 1. The Balaban J connectivity index is 3.76. The van der Waals surface area contributed by atoms with Crippen molar-refractivity contribution in [1.29, 1.82) is 0 Å². The molecule has 0 aliphatic carbocycles. The predicted molar refractivity (Wildman–Crippen MR) is 63.7 cm³/mol. The molecule has 0 aromatic rings. The van der Waals surface area contributed by atoms with E-state index in [4.69, 9.17) is 5.73 Å². The molecule has 0 saturated heterocycles. The Hall–Kier alpha value is -1.10. The fraction of sp³-hybridized carbons (Fsp3) is 0.818. The Kier molecular flexibility index (Phi) is 7.54. The molecule has 0 heterocycles. The second kappa shape index (κ2) is 8.10. The molecule has 5 heteroatoms. The van der Waals surface area contributed by atoms with Gasteiger partial charge in [-0.3, -0.25) is 9.59 Å². The van der Waals surface area contributed by atoms with Crippen LogP contribution in [-0.2, 0) is 9.59 Å². The van der Waals surface area contributed by atoms with E-state index in [0.29, 0.717) is 13.0 Å². The molecule has 0 aromatic carbocycles. The molecule has 0 aliphatic rings. The standard InChI is InChI=1S/C11H23N3O2/c1-4-9(6-12)5-10(15)13-7-11(16)14-8(2)3/h8-9H,4-7,12H2,1-3H3,(H,13,15)(H,14,16). The summed E-state index contributed by atoms with van der Waals surface area (Å²) in [4.78, 5) is 22.6. The molecule has 0 spiro atoms. The van der Waals surface area contributed by atoms with Crippen molar-refractivity contribution in [2.24, 2.45) is 11.7 Å². The first-order chi connectivity index (χ1) is 7.49. The summed E-state index contributed by atoms with van der Waals surface area (Å²) in [5.74, 6) is -0.0755. The van der Waals surface area contributed by atoms with E-state index >= 15 is 0 Å². The van der Waals surface area contributed by atoms with Crippen LogP contribution >= 0.6 is 0 Å². The minimum atomic E-state index is -0.163. The predicted octanol–water partition coefficient (Wildman–Crippen LogP) is 0.00220. The van der Waals surface area contributed by atoms with E-state index < -0.39 is 0 Å². The Morgan fingerprint density at radius 2 is 1.88 bits per heavy atom. The average Bonchev–Trinajstić information content (AvgIpc) is 2.22. The van der Waals surface area contributed by atoms with E-state index in [0.717, 1.165) is 6.42 Å². The lowest BCUT2D eigenvalue weighted by molar-refractivity contribution is -0.126. The van der Waals surface area contributed by atoms with Crippen molar-refractivity contribution in [2.75, 3.05) is 13.1 Å². The summed E-state index contributed by atoms with van der Waals surface area (Å²) in [6.07, 6.45) is 1.27. The highest BCUT2D eigenvalue weighted by molar-refractivity contribution is 5.84. The van der Waals surface area contributed by atoms with Gasteiger partial charge < -0.3 is 16.4 Å². The number of rotatable bonds is 7. The molecule has 1 unspecified atom stereocenters. The zero-order chi connectivity index (χ0) is 12.6. The maximum absolute atomic E-state index is 11.4. The summed E-state index contributed by atoms with van der Waals surface area (Å²) in [5.41, 5.74) is 5.49. The highest BCUT2D eigenvalue weighted by atomic mass is 16.2. The molecule has 0 aliphatic heterocycles. The smallest absolute Gasteiger partial charge is 0.239 e. The van der Waals surface area contributed by atoms with Crippen LogP contribution in [0.4, 0.5) is 0 Å². The summed E-state index contributed by atoms with van der Waals surface area (Å²) < 4.78 is 0. The van der Waals surface area contributed by atoms with Crippen LogP contribution in [0.25, 0.3) is 0 Å². The van der Waals surface area contributed by atoms with E-state index in [1.807, 2.05) is 20.8 Å². The van der Waals surface area contributed by atoms with Gasteiger partial charge in [0.2, 0.25) is 11.8 Å². The maximum atomic E-state index is 11.4. The number of carbonyl (C=O) groups is 2. The molecule has 94 valence electrons. The maximum Gasteiger partial charge on any atom is 0.239 e. The zero-order valence-electron chi connectivity index (χ0n) is 10.4. The third kappa shape index (κ3) is 7.23. The van der Waals surface area contributed by atoms with Crippen LogP contribution in [0.2, 0.25) is 0 Å². The molecule has 0 rings (SSSR count). The zero-order valence-corrected chi connectivity index (χ0v) is 10.4. The number of hydrogen-bond acceptors (Lipinski definition) is 3. The third-order valence-electron chi connectivity index (χ3n) is 2.28. The fourth-order valence-electron chi connectivity index (χ4n) is 1.28. The monoisotopic (exact) mass is 229 g/mol. The van der Waals surface area contributed by atoms with E-state index in [9.17, 15) is 9.59 Å². The van der Waals surface area contributed by atoms with Crippen molar-refractivity contribution in [2.45, 2.75) is 39.7 Å².